The summed E-state index contributed by atoms with van der Waals surface area (Å²) in [6.07, 6.45) is 71.7. The summed E-state index contributed by atoms with van der Waals surface area (Å²) in [4.78, 5) is 24.4. The molecule has 0 bridgehead atoms. The second kappa shape index (κ2) is 49.9. The van der Waals surface area contributed by atoms with Crippen LogP contribution in [-0.2, 0) is 19.1 Å². The van der Waals surface area contributed by atoms with E-state index < -0.39 is 6.10 Å². The molecule has 0 radical (unpaired) electrons. The highest BCUT2D eigenvalue weighted by atomic mass is 16.6. The van der Waals surface area contributed by atoms with E-state index in [2.05, 4.69) is 123 Å². The molecule has 0 saturated heterocycles. The van der Waals surface area contributed by atoms with Gasteiger partial charge in [0.25, 0.3) is 0 Å². The van der Waals surface area contributed by atoms with Crippen LogP contribution in [0.4, 0.5) is 0 Å². The molecule has 0 rings (SSSR count). The lowest BCUT2D eigenvalue weighted by Crippen LogP contribution is -2.28. The van der Waals surface area contributed by atoms with Gasteiger partial charge in [-0.3, -0.25) is 9.59 Å². The maximum absolute atomic E-state index is 12.2. The molecule has 0 amide bonds. The second-order valence-corrected chi connectivity index (χ2v) is 15.8. The van der Waals surface area contributed by atoms with Gasteiger partial charge < -0.3 is 14.6 Å². The van der Waals surface area contributed by atoms with Gasteiger partial charge in [0.2, 0.25) is 0 Å². The summed E-state index contributed by atoms with van der Waals surface area (Å²) in [5.41, 5.74) is 0. The van der Waals surface area contributed by atoms with Crippen molar-refractivity contribution in [1.29, 1.82) is 0 Å². The van der Waals surface area contributed by atoms with Crippen LogP contribution in [0.25, 0.3) is 0 Å². The molecule has 0 fully saturated rings. The SMILES string of the molecule is CC/C=C\C/C=C\C/C=C\C/C=C\C/C=C\C/C=C\C/C=C\C/C=C\C/C=C\CCCCCC(=O)OC(CO)COC(=O)CCCCCCCCCCCCCCCCC. The van der Waals surface area contributed by atoms with Crippen molar-refractivity contribution in [2.45, 2.75) is 213 Å². The van der Waals surface area contributed by atoms with Gasteiger partial charge in [-0.2, -0.15) is 0 Å². The molecule has 0 aromatic heterocycles. The van der Waals surface area contributed by atoms with Crippen LogP contribution in [0.5, 0.6) is 0 Å². The van der Waals surface area contributed by atoms with E-state index in [-0.39, 0.29) is 25.2 Å². The van der Waals surface area contributed by atoms with Crippen LogP contribution in [0.1, 0.15) is 206 Å². The van der Waals surface area contributed by atoms with Crippen LogP contribution in [0.3, 0.4) is 0 Å². The third kappa shape index (κ3) is 47.2. The molecule has 0 heterocycles. The van der Waals surface area contributed by atoms with Crippen molar-refractivity contribution in [3.8, 4) is 0 Å². The Morgan fingerprint density at radius 3 is 1.08 bits per heavy atom. The quantitative estimate of drug-likeness (QED) is 0.0376. The monoisotopic (exact) mass is 831 g/mol. The molecule has 0 aliphatic rings. The predicted octanol–water partition coefficient (Wildman–Crippen LogP) is 16.2. The molecule has 1 unspecified atom stereocenters. The zero-order valence-electron chi connectivity index (χ0n) is 38.7. The summed E-state index contributed by atoms with van der Waals surface area (Å²) in [6.45, 7) is 4.00. The first-order chi connectivity index (χ1) is 29.6. The first-order valence-electron chi connectivity index (χ1n) is 24.4. The molecule has 0 aromatic rings. The average Bonchev–Trinajstić information content (AvgIpc) is 3.25. The molecule has 0 aliphatic carbocycles. The standard InChI is InChI=1S/C55H90O5/c1-3-5-7-9-11-13-15-17-19-20-21-22-23-24-25-26-27-28-29-30-31-32-33-34-36-38-40-42-44-46-48-50-55(58)60-53(51-56)52-59-54(57)49-47-45-43-41-39-37-35-18-16-14-12-10-8-6-4-2/h5,7,11,13,17,19,21-22,24-25,27-28,30-31,33-34,38,40,53,56H,3-4,6,8-10,12,14-16,18,20,23,26,29,32,35-37,39,41-52H2,1-2H3/b7-5-,13-11-,19-17-,22-21-,25-24-,28-27-,31-30-,34-33-,40-38-. The summed E-state index contributed by atoms with van der Waals surface area (Å²) >= 11 is 0. The third-order valence-corrected chi connectivity index (χ3v) is 10.1. The van der Waals surface area contributed by atoms with Gasteiger partial charge in [-0.15, -0.1) is 0 Å². The molecular formula is C55H90O5. The van der Waals surface area contributed by atoms with Gasteiger partial charge in [-0.05, 0) is 83.5 Å². The van der Waals surface area contributed by atoms with E-state index in [0.717, 1.165) is 103 Å². The lowest BCUT2D eigenvalue weighted by molar-refractivity contribution is -0.161. The topological polar surface area (TPSA) is 72.8 Å². The van der Waals surface area contributed by atoms with Crippen molar-refractivity contribution in [1.82, 2.24) is 0 Å². The van der Waals surface area contributed by atoms with Crippen LogP contribution in [0.2, 0.25) is 0 Å². The van der Waals surface area contributed by atoms with Gasteiger partial charge in [0.15, 0.2) is 6.10 Å². The van der Waals surface area contributed by atoms with Crippen molar-refractivity contribution in [3.63, 3.8) is 0 Å². The van der Waals surface area contributed by atoms with E-state index in [1.165, 1.54) is 77.0 Å². The summed E-state index contributed by atoms with van der Waals surface area (Å²) < 4.78 is 10.6. The molecule has 0 aromatic carbocycles. The van der Waals surface area contributed by atoms with Crippen molar-refractivity contribution >= 4 is 11.9 Å². The van der Waals surface area contributed by atoms with Crippen LogP contribution in [0.15, 0.2) is 109 Å². The van der Waals surface area contributed by atoms with E-state index in [4.69, 9.17) is 9.47 Å². The Hall–Kier alpha value is -3.44. The summed E-state index contributed by atoms with van der Waals surface area (Å²) in [5.74, 6) is -0.633. The fraction of sp³-hybridized carbons (Fsp3) is 0.636. The number of allylic oxidation sites excluding steroid dienone is 18. The molecule has 60 heavy (non-hydrogen) atoms. The van der Waals surface area contributed by atoms with Gasteiger partial charge in [0, 0.05) is 12.8 Å². The fourth-order valence-electron chi connectivity index (χ4n) is 6.43. The first kappa shape index (κ1) is 56.6. The molecule has 340 valence electrons. The Bertz CT molecular complexity index is 1210. The number of ether oxygens (including phenoxy) is 2. The first-order valence-corrected chi connectivity index (χ1v) is 24.4. The van der Waals surface area contributed by atoms with Gasteiger partial charge in [-0.25, -0.2) is 0 Å². The average molecular weight is 831 g/mol. The Labute approximate surface area is 370 Å². The number of hydrogen-bond acceptors (Lipinski definition) is 5. The van der Waals surface area contributed by atoms with Crippen molar-refractivity contribution in [2.75, 3.05) is 13.2 Å². The van der Waals surface area contributed by atoms with E-state index in [9.17, 15) is 14.7 Å². The predicted molar refractivity (Wildman–Crippen MR) is 260 cm³/mol. The van der Waals surface area contributed by atoms with Gasteiger partial charge in [0.1, 0.15) is 6.61 Å². The normalized spacial score (nSPS) is 13.2. The molecule has 5 heteroatoms. The Morgan fingerprint density at radius 2 is 0.717 bits per heavy atom. The Morgan fingerprint density at radius 1 is 0.400 bits per heavy atom. The highest BCUT2D eigenvalue weighted by molar-refractivity contribution is 5.70. The summed E-state index contributed by atoms with van der Waals surface area (Å²) in [6, 6.07) is 0. The number of carbonyl (C=O) groups excluding carboxylic acids is 2. The van der Waals surface area contributed by atoms with E-state index >= 15 is 0 Å². The van der Waals surface area contributed by atoms with Crippen molar-refractivity contribution < 1.29 is 24.2 Å². The molecule has 5 nitrogen and oxygen atoms in total. The van der Waals surface area contributed by atoms with Crippen LogP contribution in [0, 0.1) is 0 Å². The minimum Gasteiger partial charge on any atom is -0.462 e. The van der Waals surface area contributed by atoms with Crippen LogP contribution < -0.4 is 0 Å². The third-order valence-electron chi connectivity index (χ3n) is 10.1. The number of esters is 2. The van der Waals surface area contributed by atoms with Crippen molar-refractivity contribution in [2.24, 2.45) is 0 Å². The number of carbonyl (C=O) groups is 2. The molecule has 0 saturated carbocycles. The number of aliphatic hydroxyl groups is 1. The van der Waals surface area contributed by atoms with E-state index in [1.54, 1.807) is 0 Å². The number of aliphatic hydroxyl groups excluding tert-OH is 1. The van der Waals surface area contributed by atoms with Gasteiger partial charge in [0.05, 0.1) is 6.61 Å². The van der Waals surface area contributed by atoms with Gasteiger partial charge >= 0.3 is 11.9 Å². The highest BCUT2D eigenvalue weighted by Crippen LogP contribution is 2.14. The highest BCUT2D eigenvalue weighted by Gasteiger charge is 2.16. The van der Waals surface area contributed by atoms with Crippen LogP contribution >= 0.6 is 0 Å². The molecule has 1 N–H and O–H groups in total. The van der Waals surface area contributed by atoms with Crippen molar-refractivity contribution in [3.05, 3.63) is 109 Å². The summed E-state index contributed by atoms with van der Waals surface area (Å²) in [7, 11) is 0. The zero-order chi connectivity index (χ0) is 43.5. The number of hydrogen-bond donors (Lipinski definition) is 1. The Balaban J connectivity index is 3.67. The smallest absolute Gasteiger partial charge is 0.306 e. The fourth-order valence-corrected chi connectivity index (χ4v) is 6.43. The molecule has 0 spiro atoms. The number of rotatable bonds is 43. The van der Waals surface area contributed by atoms with Gasteiger partial charge in [-0.1, -0.05) is 220 Å². The molecule has 1 atom stereocenters. The maximum atomic E-state index is 12.2. The van der Waals surface area contributed by atoms with Crippen LogP contribution in [-0.4, -0.2) is 36.4 Å². The summed E-state index contributed by atoms with van der Waals surface area (Å²) in [5, 5.41) is 9.60. The maximum Gasteiger partial charge on any atom is 0.306 e. The molecule has 0 aliphatic heterocycles. The van der Waals surface area contributed by atoms with E-state index in [1.807, 2.05) is 0 Å². The lowest BCUT2D eigenvalue weighted by atomic mass is 10.0. The molecular weight excluding hydrogens is 741 g/mol. The Kier molecular flexibility index (Phi) is 47.1. The lowest BCUT2D eigenvalue weighted by Gasteiger charge is -2.15. The zero-order valence-corrected chi connectivity index (χ0v) is 38.7. The number of unbranched alkanes of at least 4 members (excludes halogenated alkanes) is 17. The minimum atomic E-state index is -0.795. The minimum absolute atomic E-state index is 0.0837. The van der Waals surface area contributed by atoms with E-state index in [0.29, 0.717) is 12.8 Å². The largest absolute Gasteiger partial charge is 0.462 e. The second-order valence-electron chi connectivity index (χ2n) is 15.8.